The molecule has 1 aliphatic rings. The zero-order chi connectivity index (χ0) is 12.1. The number of nitrogens with zero attached hydrogens (tertiary/aromatic N) is 3. The van der Waals surface area contributed by atoms with Crippen LogP contribution in [0.1, 0.15) is 25.5 Å². The molecule has 0 saturated carbocycles. The fourth-order valence-corrected chi connectivity index (χ4v) is 2.22. The van der Waals surface area contributed by atoms with E-state index in [4.69, 9.17) is 5.26 Å². The molecular formula is C13H18N4. The highest BCUT2D eigenvalue weighted by Gasteiger charge is 2.18. The van der Waals surface area contributed by atoms with Gasteiger partial charge in [-0.05, 0) is 31.5 Å². The molecule has 4 nitrogen and oxygen atoms in total. The van der Waals surface area contributed by atoms with E-state index in [1.807, 2.05) is 12.1 Å². The number of rotatable bonds is 3. The van der Waals surface area contributed by atoms with E-state index in [0.29, 0.717) is 11.7 Å². The van der Waals surface area contributed by atoms with Crippen LogP contribution in [0.4, 0.5) is 5.69 Å². The molecular weight excluding hydrogens is 212 g/mol. The van der Waals surface area contributed by atoms with Crippen molar-refractivity contribution >= 4 is 5.69 Å². The number of nitrogens with one attached hydrogen (secondary N) is 1. The Morgan fingerprint density at radius 1 is 1.53 bits per heavy atom. The zero-order valence-electron chi connectivity index (χ0n) is 10.2. The summed E-state index contributed by atoms with van der Waals surface area (Å²) in [7, 11) is 0. The Hall–Kier alpha value is -1.60. The van der Waals surface area contributed by atoms with Gasteiger partial charge in [0.15, 0.2) is 5.69 Å². The molecule has 90 valence electrons. The summed E-state index contributed by atoms with van der Waals surface area (Å²) >= 11 is 0. The summed E-state index contributed by atoms with van der Waals surface area (Å²) < 4.78 is 0. The molecule has 1 aliphatic heterocycles. The van der Waals surface area contributed by atoms with Gasteiger partial charge >= 0.3 is 0 Å². The summed E-state index contributed by atoms with van der Waals surface area (Å²) in [4.78, 5) is 6.51. The largest absolute Gasteiger partial charge is 0.380 e. The molecule has 0 aromatic carbocycles. The second kappa shape index (κ2) is 5.65. The molecule has 0 bridgehead atoms. The van der Waals surface area contributed by atoms with Crippen LogP contribution >= 0.6 is 0 Å². The van der Waals surface area contributed by atoms with Crippen molar-refractivity contribution in [1.29, 1.82) is 5.26 Å². The Kier molecular flexibility index (Phi) is 3.94. The predicted molar refractivity (Wildman–Crippen MR) is 67.7 cm³/mol. The maximum absolute atomic E-state index is 8.97. The van der Waals surface area contributed by atoms with Crippen molar-refractivity contribution in [3.05, 3.63) is 24.0 Å². The van der Waals surface area contributed by atoms with Crippen molar-refractivity contribution in [1.82, 2.24) is 9.88 Å². The van der Waals surface area contributed by atoms with E-state index in [1.165, 1.54) is 0 Å². The van der Waals surface area contributed by atoms with E-state index >= 15 is 0 Å². The number of aromatic nitrogens is 1. The van der Waals surface area contributed by atoms with Gasteiger partial charge in [-0.1, -0.05) is 6.92 Å². The first-order valence-corrected chi connectivity index (χ1v) is 6.17. The van der Waals surface area contributed by atoms with E-state index in [-0.39, 0.29) is 0 Å². The molecule has 1 N–H and O–H groups in total. The van der Waals surface area contributed by atoms with Gasteiger partial charge in [-0.15, -0.1) is 0 Å². The Bertz CT molecular complexity index is 402. The summed E-state index contributed by atoms with van der Waals surface area (Å²) in [6, 6.07) is 6.38. The third-order valence-corrected chi connectivity index (χ3v) is 3.31. The van der Waals surface area contributed by atoms with Crippen molar-refractivity contribution in [2.45, 2.75) is 25.8 Å². The number of nitriles is 1. The Morgan fingerprint density at radius 3 is 2.94 bits per heavy atom. The lowest BCUT2D eigenvalue weighted by Crippen LogP contribution is -2.39. The maximum atomic E-state index is 8.97. The summed E-state index contributed by atoms with van der Waals surface area (Å²) in [5.41, 5.74) is 1.36. The molecule has 4 heteroatoms. The third kappa shape index (κ3) is 2.95. The first-order valence-electron chi connectivity index (χ1n) is 6.17. The fraction of sp³-hybridized carbons (Fsp3) is 0.538. The average Bonchev–Trinajstić information content (AvgIpc) is 2.40. The highest BCUT2D eigenvalue weighted by Crippen LogP contribution is 2.18. The average molecular weight is 230 g/mol. The van der Waals surface area contributed by atoms with Gasteiger partial charge < -0.3 is 10.2 Å². The van der Waals surface area contributed by atoms with E-state index in [1.54, 1.807) is 6.20 Å². The number of hydrogen-bond donors (Lipinski definition) is 1. The van der Waals surface area contributed by atoms with E-state index in [0.717, 1.165) is 38.2 Å². The number of hydrogen-bond acceptors (Lipinski definition) is 4. The van der Waals surface area contributed by atoms with Crippen LogP contribution in [0.25, 0.3) is 0 Å². The Labute approximate surface area is 102 Å². The van der Waals surface area contributed by atoms with Gasteiger partial charge in [-0.3, -0.25) is 0 Å². The second-order valence-corrected chi connectivity index (χ2v) is 4.36. The van der Waals surface area contributed by atoms with E-state index in [2.05, 4.69) is 28.2 Å². The highest BCUT2D eigenvalue weighted by molar-refractivity contribution is 5.53. The monoisotopic (exact) mass is 230 g/mol. The Balaban J connectivity index is 1.96. The summed E-state index contributed by atoms with van der Waals surface area (Å²) in [5.74, 6) is 0. The summed E-state index contributed by atoms with van der Waals surface area (Å²) in [6.07, 6.45) is 3.92. The first kappa shape index (κ1) is 11.9. The van der Waals surface area contributed by atoms with Crippen LogP contribution in [0.5, 0.6) is 0 Å². The lowest BCUT2D eigenvalue weighted by atomic mass is 10.0. The molecule has 0 radical (unpaired) electrons. The minimum atomic E-state index is 0.467. The zero-order valence-corrected chi connectivity index (χ0v) is 10.2. The minimum Gasteiger partial charge on any atom is -0.380 e. The molecule has 17 heavy (non-hydrogen) atoms. The van der Waals surface area contributed by atoms with Crippen LogP contribution in [-0.4, -0.2) is 35.6 Å². The van der Waals surface area contributed by atoms with Crippen molar-refractivity contribution in [3.8, 4) is 6.07 Å². The number of likely N-dealkylation sites (tertiary alicyclic amines) is 1. The van der Waals surface area contributed by atoms with Crippen LogP contribution in [0.3, 0.4) is 0 Å². The quantitative estimate of drug-likeness (QED) is 0.861. The van der Waals surface area contributed by atoms with Crippen molar-refractivity contribution in [3.63, 3.8) is 0 Å². The van der Waals surface area contributed by atoms with Crippen LogP contribution in [-0.2, 0) is 0 Å². The van der Waals surface area contributed by atoms with Crippen molar-refractivity contribution < 1.29 is 0 Å². The molecule has 1 aromatic rings. The molecule has 1 aromatic heterocycles. The van der Waals surface area contributed by atoms with Crippen LogP contribution in [0.2, 0.25) is 0 Å². The molecule has 1 fully saturated rings. The van der Waals surface area contributed by atoms with E-state index < -0.39 is 0 Å². The van der Waals surface area contributed by atoms with Crippen molar-refractivity contribution in [2.75, 3.05) is 25.0 Å². The SMILES string of the molecule is CCN1CCC(Nc2cccnc2C#N)CC1. The van der Waals surface area contributed by atoms with Gasteiger partial charge in [-0.25, -0.2) is 4.98 Å². The summed E-state index contributed by atoms with van der Waals surface area (Å²) in [5, 5.41) is 12.4. The predicted octanol–water partition coefficient (Wildman–Crippen LogP) is 1.85. The lowest BCUT2D eigenvalue weighted by molar-refractivity contribution is 0.229. The molecule has 1 saturated heterocycles. The highest BCUT2D eigenvalue weighted by atomic mass is 15.1. The minimum absolute atomic E-state index is 0.467. The third-order valence-electron chi connectivity index (χ3n) is 3.31. The second-order valence-electron chi connectivity index (χ2n) is 4.36. The van der Waals surface area contributed by atoms with E-state index in [9.17, 15) is 0 Å². The van der Waals surface area contributed by atoms with Gasteiger partial charge in [0.25, 0.3) is 0 Å². The molecule has 2 rings (SSSR count). The molecule has 0 amide bonds. The smallest absolute Gasteiger partial charge is 0.163 e. The van der Waals surface area contributed by atoms with Gasteiger partial charge in [-0.2, -0.15) is 5.26 Å². The van der Waals surface area contributed by atoms with Gasteiger partial charge in [0.2, 0.25) is 0 Å². The lowest BCUT2D eigenvalue weighted by Gasteiger charge is -2.32. The number of piperidine rings is 1. The first-order chi connectivity index (χ1) is 8.33. The maximum Gasteiger partial charge on any atom is 0.163 e. The van der Waals surface area contributed by atoms with Gasteiger partial charge in [0, 0.05) is 25.3 Å². The molecule has 0 atom stereocenters. The van der Waals surface area contributed by atoms with Crippen LogP contribution in [0.15, 0.2) is 18.3 Å². The molecule has 0 spiro atoms. The normalized spacial score (nSPS) is 17.6. The molecule has 0 unspecified atom stereocenters. The van der Waals surface area contributed by atoms with Gasteiger partial charge in [0.1, 0.15) is 6.07 Å². The van der Waals surface area contributed by atoms with Gasteiger partial charge in [0.05, 0.1) is 5.69 Å². The topological polar surface area (TPSA) is 52.0 Å². The molecule has 0 aliphatic carbocycles. The molecule has 2 heterocycles. The van der Waals surface area contributed by atoms with Crippen molar-refractivity contribution in [2.24, 2.45) is 0 Å². The Morgan fingerprint density at radius 2 is 2.29 bits per heavy atom. The van der Waals surface area contributed by atoms with Crippen LogP contribution < -0.4 is 5.32 Å². The fourth-order valence-electron chi connectivity index (χ4n) is 2.22. The number of anilines is 1. The van der Waals surface area contributed by atoms with Crippen LogP contribution in [0, 0.1) is 11.3 Å². The number of pyridine rings is 1. The summed E-state index contributed by atoms with van der Waals surface area (Å²) in [6.45, 7) is 5.60. The standard InChI is InChI=1S/C13H18N4/c1-2-17-8-5-11(6-9-17)16-12-4-3-7-15-13(12)10-14/h3-4,7,11,16H,2,5-6,8-9H2,1H3.